The number of aromatic nitrogens is 2. The molecular formula is C18H22N4O2S. The summed E-state index contributed by atoms with van der Waals surface area (Å²) in [7, 11) is -3.09. The Labute approximate surface area is 147 Å². The lowest BCUT2D eigenvalue weighted by Crippen LogP contribution is -2.26. The predicted octanol–water partition coefficient (Wildman–Crippen LogP) is 2.05. The van der Waals surface area contributed by atoms with E-state index in [4.69, 9.17) is 0 Å². The molecule has 0 bridgehead atoms. The Morgan fingerprint density at radius 1 is 1.04 bits per heavy atom. The van der Waals surface area contributed by atoms with Crippen LogP contribution in [0.2, 0.25) is 0 Å². The molecule has 7 heteroatoms. The molecule has 132 valence electrons. The third-order valence-electron chi connectivity index (χ3n) is 3.89. The number of rotatable bonds is 8. The van der Waals surface area contributed by atoms with Crippen molar-refractivity contribution in [2.45, 2.75) is 13.0 Å². The first kappa shape index (κ1) is 17.6. The summed E-state index contributed by atoms with van der Waals surface area (Å²) in [6.07, 6.45) is 3.77. The number of nitrogens with one attached hydrogen (secondary N) is 2. The van der Waals surface area contributed by atoms with Gasteiger partial charge in [-0.3, -0.25) is 4.57 Å². The van der Waals surface area contributed by atoms with Gasteiger partial charge in [0.25, 0.3) is 0 Å². The molecule has 0 aliphatic carbocycles. The number of nitrogens with zero attached hydrogens (tertiary/aromatic N) is 2. The van der Waals surface area contributed by atoms with Gasteiger partial charge in [0.05, 0.1) is 17.3 Å². The van der Waals surface area contributed by atoms with Gasteiger partial charge >= 0.3 is 0 Å². The minimum atomic E-state index is -3.09. The molecule has 0 saturated heterocycles. The lowest BCUT2D eigenvalue weighted by molar-refractivity contribution is 0.579. The maximum Gasteiger partial charge on any atom is 0.208 e. The van der Waals surface area contributed by atoms with Crippen molar-refractivity contribution < 1.29 is 8.42 Å². The Bertz CT molecular complexity index is 933. The molecule has 1 aromatic heterocycles. The Hall–Kier alpha value is -2.22. The fourth-order valence-corrected chi connectivity index (χ4v) is 3.16. The van der Waals surface area contributed by atoms with Gasteiger partial charge in [-0.1, -0.05) is 24.3 Å². The van der Waals surface area contributed by atoms with Crippen LogP contribution < -0.4 is 10.0 Å². The van der Waals surface area contributed by atoms with Crippen molar-refractivity contribution in [1.82, 2.24) is 19.6 Å². The van der Waals surface area contributed by atoms with Crippen LogP contribution >= 0.6 is 0 Å². The van der Waals surface area contributed by atoms with Crippen LogP contribution in [0.25, 0.3) is 16.7 Å². The molecule has 2 N–H and O–H groups in total. The van der Waals surface area contributed by atoms with Crippen LogP contribution in [0.5, 0.6) is 0 Å². The van der Waals surface area contributed by atoms with E-state index in [9.17, 15) is 8.42 Å². The number of imidazole rings is 1. The maximum absolute atomic E-state index is 11.0. The van der Waals surface area contributed by atoms with Crippen LogP contribution in [0.15, 0.2) is 54.9 Å². The molecule has 25 heavy (non-hydrogen) atoms. The van der Waals surface area contributed by atoms with E-state index in [2.05, 4.69) is 49.9 Å². The van der Waals surface area contributed by atoms with Crippen LogP contribution in [0.3, 0.4) is 0 Å². The highest BCUT2D eigenvalue weighted by Gasteiger charge is 2.04. The Kier molecular flexibility index (Phi) is 5.47. The number of fused-ring (bicyclic) bond motifs is 1. The molecule has 0 aliphatic heterocycles. The fraction of sp³-hybridized carbons (Fsp3) is 0.278. The average molecular weight is 358 g/mol. The molecular weight excluding hydrogens is 336 g/mol. The number of sulfonamides is 1. The van der Waals surface area contributed by atoms with Crippen molar-refractivity contribution in [3.05, 3.63) is 60.4 Å². The van der Waals surface area contributed by atoms with Crippen molar-refractivity contribution in [2.24, 2.45) is 0 Å². The zero-order valence-corrected chi connectivity index (χ0v) is 15.0. The van der Waals surface area contributed by atoms with E-state index < -0.39 is 10.0 Å². The monoisotopic (exact) mass is 358 g/mol. The van der Waals surface area contributed by atoms with Crippen molar-refractivity contribution in [3.63, 3.8) is 0 Å². The highest BCUT2D eigenvalue weighted by Crippen LogP contribution is 2.18. The first-order valence-electron chi connectivity index (χ1n) is 8.20. The first-order valence-corrected chi connectivity index (χ1v) is 10.1. The quantitative estimate of drug-likeness (QED) is 0.604. The standard InChI is InChI=1S/C18H22N4O2S/c1-25(23,24)21-12-4-11-19-13-15-7-9-16(10-8-15)22-14-20-17-5-2-3-6-18(17)22/h2-3,5-10,14,19,21H,4,11-13H2,1H3. The first-order chi connectivity index (χ1) is 12.0. The highest BCUT2D eigenvalue weighted by atomic mass is 32.2. The van der Waals surface area contributed by atoms with E-state index in [1.165, 1.54) is 11.8 Å². The zero-order chi connectivity index (χ0) is 17.7. The molecule has 0 unspecified atom stereocenters. The second-order valence-corrected chi connectivity index (χ2v) is 7.80. The van der Waals surface area contributed by atoms with E-state index in [1.54, 1.807) is 0 Å². The molecule has 2 aromatic carbocycles. The van der Waals surface area contributed by atoms with Gasteiger partial charge in [-0.2, -0.15) is 0 Å². The molecule has 3 rings (SSSR count). The second kappa shape index (κ2) is 7.77. The molecule has 0 radical (unpaired) electrons. The van der Waals surface area contributed by atoms with Gasteiger partial charge in [0.2, 0.25) is 10.0 Å². The smallest absolute Gasteiger partial charge is 0.208 e. The molecule has 0 fully saturated rings. The molecule has 0 amide bonds. The third-order valence-corrected chi connectivity index (χ3v) is 4.62. The van der Waals surface area contributed by atoms with Crippen LogP contribution in [-0.4, -0.2) is 37.3 Å². The highest BCUT2D eigenvalue weighted by molar-refractivity contribution is 7.88. The van der Waals surface area contributed by atoms with Crippen molar-refractivity contribution in [1.29, 1.82) is 0 Å². The summed E-state index contributed by atoms with van der Waals surface area (Å²) in [5.74, 6) is 0. The van der Waals surface area contributed by atoms with Gasteiger partial charge in [-0.15, -0.1) is 0 Å². The third kappa shape index (κ3) is 4.88. The van der Waals surface area contributed by atoms with E-state index in [0.717, 1.165) is 36.2 Å². The number of para-hydroxylation sites is 2. The second-order valence-electron chi connectivity index (χ2n) is 5.97. The van der Waals surface area contributed by atoms with Crippen LogP contribution in [0.1, 0.15) is 12.0 Å². The van der Waals surface area contributed by atoms with E-state index in [-0.39, 0.29) is 0 Å². The molecule has 0 atom stereocenters. The molecule has 0 spiro atoms. The SMILES string of the molecule is CS(=O)(=O)NCCCNCc1ccc(-n2cnc3ccccc32)cc1. The van der Waals surface area contributed by atoms with Gasteiger partial charge in [-0.25, -0.2) is 18.1 Å². The summed E-state index contributed by atoms with van der Waals surface area (Å²) in [6, 6.07) is 16.4. The van der Waals surface area contributed by atoms with Gasteiger partial charge in [0, 0.05) is 18.8 Å². The Balaban J connectivity index is 1.53. The molecule has 0 aliphatic rings. The number of hydrogen-bond acceptors (Lipinski definition) is 4. The van der Waals surface area contributed by atoms with E-state index in [0.29, 0.717) is 6.54 Å². The Morgan fingerprint density at radius 3 is 2.56 bits per heavy atom. The largest absolute Gasteiger partial charge is 0.313 e. The minimum Gasteiger partial charge on any atom is -0.313 e. The van der Waals surface area contributed by atoms with Crippen LogP contribution in [0.4, 0.5) is 0 Å². The van der Waals surface area contributed by atoms with Gasteiger partial charge in [0.1, 0.15) is 6.33 Å². The summed E-state index contributed by atoms with van der Waals surface area (Å²) in [4.78, 5) is 4.41. The van der Waals surface area contributed by atoms with Crippen molar-refractivity contribution in [3.8, 4) is 5.69 Å². The molecule has 6 nitrogen and oxygen atoms in total. The predicted molar refractivity (Wildman–Crippen MR) is 100 cm³/mol. The van der Waals surface area contributed by atoms with Crippen LogP contribution in [-0.2, 0) is 16.6 Å². The van der Waals surface area contributed by atoms with Crippen molar-refractivity contribution >= 4 is 21.1 Å². The maximum atomic E-state index is 11.0. The lowest BCUT2D eigenvalue weighted by atomic mass is 10.2. The van der Waals surface area contributed by atoms with Crippen molar-refractivity contribution in [2.75, 3.05) is 19.3 Å². The van der Waals surface area contributed by atoms with Gasteiger partial charge in [0.15, 0.2) is 0 Å². The summed E-state index contributed by atoms with van der Waals surface area (Å²) in [5.41, 5.74) is 4.33. The minimum absolute atomic E-state index is 0.457. The van der Waals surface area contributed by atoms with Gasteiger partial charge in [-0.05, 0) is 42.8 Å². The normalized spacial score (nSPS) is 11.9. The number of hydrogen-bond donors (Lipinski definition) is 2. The van der Waals surface area contributed by atoms with E-state index >= 15 is 0 Å². The lowest BCUT2D eigenvalue weighted by Gasteiger charge is -2.08. The van der Waals surface area contributed by atoms with Gasteiger partial charge < -0.3 is 5.32 Å². The summed E-state index contributed by atoms with van der Waals surface area (Å²) < 4.78 is 26.5. The average Bonchev–Trinajstić information content (AvgIpc) is 3.02. The molecule has 3 aromatic rings. The molecule has 1 heterocycles. The Morgan fingerprint density at radius 2 is 1.80 bits per heavy atom. The zero-order valence-electron chi connectivity index (χ0n) is 14.1. The van der Waals surface area contributed by atoms with Crippen LogP contribution in [0, 0.1) is 0 Å². The summed E-state index contributed by atoms with van der Waals surface area (Å²) in [5, 5.41) is 3.32. The topological polar surface area (TPSA) is 76.0 Å². The van der Waals surface area contributed by atoms with E-state index in [1.807, 2.05) is 24.5 Å². The molecule has 0 saturated carbocycles. The summed E-state index contributed by atoms with van der Waals surface area (Å²) in [6.45, 7) is 1.97. The number of benzene rings is 2. The fourth-order valence-electron chi connectivity index (χ4n) is 2.64. The summed E-state index contributed by atoms with van der Waals surface area (Å²) >= 11 is 0.